The van der Waals surface area contributed by atoms with Crippen molar-refractivity contribution in [3.8, 4) is 0 Å². The van der Waals surface area contributed by atoms with Crippen LogP contribution in [0.5, 0.6) is 0 Å². The third kappa shape index (κ3) is 5.06. The predicted octanol–water partition coefficient (Wildman–Crippen LogP) is 5.13. The highest BCUT2D eigenvalue weighted by Gasteiger charge is 2.31. The summed E-state index contributed by atoms with van der Waals surface area (Å²) in [5.41, 5.74) is 0.629. The summed E-state index contributed by atoms with van der Waals surface area (Å²) >= 11 is 5.92. The highest BCUT2D eigenvalue weighted by atomic mass is 35.5. The maximum absolute atomic E-state index is 12.9. The lowest BCUT2D eigenvalue weighted by Gasteiger charge is -2.13. The Morgan fingerprint density at radius 1 is 1.10 bits per heavy atom. The van der Waals surface area contributed by atoms with Crippen LogP contribution in [0.25, 0.3) is 0 Å². The molecule has 3 rings (SSSR count). The second-order valence-electron chi connectivity index (χ2n) is 6.52. The molecule has 4 nitrogen and oxygen atoms in total. The Bertz CT molecular complexity index is 1120. The van der Waals surface area contributed by atoms with Crippen LogP contribution >= 0.6 is 11.6 Å². The fourth-order valence-corrected chi connectivity index (χ4v) is 2.95. The molecular weight excluding hydrogens is 405 g/mol. The van der Waals surface area contributed by atoms with Crippen LogP contribution in [0.3, 0.4) is 0 Å². The maximum atomic E-state index is 12.9. The summed E-state index contributed by atoms with van der Waals surface area (Å²) in [5, 5.41) is 2.34. The van der Waals surface area contributed by atoms with E-state index in [0.717, 1.165) is 29.3 Å². The molecule has 2 aromatic carbocycles. The number of hydrogen-bond donors (Lipinski definition) is 1. The number of nitrogens with one attached hydrogen (secondary N) is 1. The van der Waals surface area contributed by atoms with Crippen molar-refractivity contribution < 1.29 is 18.0 Å². The second-order valence-corrected chi connectivity index (χ2v) is 6.93. The summed E-state index contributed by atoms with van der Waals surface area (Å²) in [6.45, 7) is 2.18. The Morgan fingerprint density at radius 3 is 2.55 bits per heavy atom. The van der Waals surface area contributed by atoms with Crippen LogP contribution in [0.4, 0.5) is 18.9 Å². The number of halogens is 4. The molecule has 0 bridgehead atoms. The molecule has 0 radical (unpaired) electrons. The van der Waals surface area contributed by atoms with E-state index in [2.05, 4.69) is 5.32 Å². The van der Waals surface area contributed by atoms with E-state index in [1.165, 1.54) is 22.9 Å². The van der Waals surface area contributed by atoms with Gasteiger partial charge in [0.1, 0.15) is 0 Å². The Balaban J connectivity index is 1.86. The van der Waals surface area contributed by atoms with Crippen LogP contribution in [0.1, 0.15) is 27.0 Å². The number of rotatable bonds is 4. The third-order valence-electron chi connectivity index (χ3n) is 4.22. The van der Waals surface area contributed by atoms with E-state index < -0.39 is 17.6 Å². The van der Waals surface area contributed by atoms with Gasteiger partial charge in [0.2, 0.25) is 0 Å². The first-order valence-corrected chi connectivity index (χ1v) is 8.95. The number of aromatic nitrogens is 1. The van der Waals surface area contributed by atoms with E-state index in [1.54, 1.807) is 0 Å². The third-order valence-corrected chi connectivity index (χ3v) is 4.55. The molecule has 1 heterocycles. The summed E-state index contributed by atoms with van der Waals surface area (Å²) in [6, 6.07) is 12.8. The molecule has 0 fully saturated rings. The molecule has 0 unspecified atom stereocenters. The molecule has 1 aromatic heterocycles. The van der Waals surface area contributed by atoms with E-state index in [0.29, 0.717) is 0 Å². The van der Waals surface area contributed by atoms with Crippen molar-refractivity contribution in [3.05, 3.63) is 98.4 Å². The van der Waals surface area contributed by atoms with E-state index in [1.807, 2.05) is 31.2 Å². The molecule has 0 aliphatic rings. The fourth-order valence-electron chi connectivity index (χ4n) is 2.79. The molecule has 0 aliphatic heterocycles. The summed E-state index contributed by atoms with van der Waals surface area (Å²) < 4.78 is 40.1. The monoisotopic (exact) mass is 420 g/mol. The number of nitrogens with zero attached hydrogens (tertiary/aromatic N) is 1. The van der Waals surface area contributed by atoms with E-state index in [9.17, 15) is 22.8 Å². The molecule has 1 N–H and O–H groups in total. The summed E-state index contributed by atoms with van der Waals surface area (Å²) in [5.74, 6) is -0.677. The predicted molar refractivity (Wildman–Crippen MR) is 105 cm³/mol. The lowest BCUT2D eigenvalue weighted by molar-refractivity contribution is -0.137. The number of carbonyl (C=O) groups is 1. The van der Waals surface area contributed by atoms with Crippen molar-refractivity contribution in [2.45, 2.75) is 19.6 Å². The first-order chi connectivity index (χ1) is 13.6. The van der Waals surface area contributed by atoms with Crippen LogP contribution in [0.15, 0.2) is 65.6 Å². The van der Waals surface area contributed by atoms with Gasteiger partial charge in [-0.05, 0) is 36.8 Å². The van der Waals surface area contributed by atoms with Crippen LogP contribution in [0, 0.1) is 6.92 Å². The van der Waals surface area contributed by atoms with Gasteiger partial charge in [0, 0.05) is 12.3 Å². The van der Waals surface area contributed by atoms with Gasteiger partial charge in [0.15, 0.2) is 0 Å². The summed E-state index contributed by atoms with van der Waals surface area (Å²) in [7, 11) is 0. The average Bonchev–Trinajstić information content (AvgIpc) is 2.64. The van der Waals surface area contributed by atoms with Gasteiger partial charge >= 0.3 is 6.18 Å². The van der Waals surface area contributed by atoms with Crippen LogP contribution in [-0.2, 0) is 12.7 Å². The van der Waals surface area contributed by atoms with Gasteiger partial charge in [0.05, 0.1) is 28.4 Å². The second kappa shape index (κ2) is 8.13. The molecular formula is C21H16ClF3N2O2. The standard InChI is InChI=1S/C21H16ClF3N2O2/c1-13-3-2-4-14(9-13)11-27-12-15(5-8-19(27)28)20(29)26-18-10-16(21(23,24)25)6-7-17(18)22/h2-10,12H,11H2,1H3,(H,26,29). The van der Waals surface area contributed by atoms with Gasteiger partial charge in [-0.15, -0.1) is 0 Å². The number of anilines is 1. The zero-order valence-corrected chi connectivity index (χ0v) is 16.0. The van der Waals surface area contributed by atoms with Gasteiger partial charge in [0.25, 0.3) is 11.5 Å². The number of benzene rings is 2. The fraction of sp³-hybridized carbons (Fsp3) is 0.143. The van der Waals surface area contributed by atoms with Crippen molar-refractivity contribution in [1.82, 2.24) is 4.57 Å². The number of carbonyl (C=O) groups excluding carboxylic acids is 1. The number of aryl methyl sites for hydroxylation is 1. The Kier molecular flexibility index (Phi) is 5.79. The number of amides is 1. The topological polar surface area (TPSA) is 51.1 Å². The van der Waals surface area contributed by atoms with E-state index in [-0.39, 0.29) is 28.4 Å². The normalized spacial score (nSPS) is 11.3. The molecule has 3 aromatic rings. The van der Waals surface area contributed by atoms with Crippen molar-refractivity contribution in [2.75, 3.05) is 5.32 Å². The molecule has 0 aliphatic carbocycles. The first kappa shape index (κ1) is 20.7. The van der Waals surface area contributed by atoms with Gasteiger partial charge in [-0.25, -0.2) is 0 Å². The largest absolute Gasteiger partial charge is 0.416 e. The molecule has 8 heteroatoms. The van der Waals surface area contributed by atoms with Gasteiger partial charge < -0.3 is 9.88 Å². The van der Waals surface area contributed by atoms with E-state index >= 15 is 0 Å². The minimum atomic E-state index is -4.56. The van der Waals surface area contributed by atoms with Crippen molar-refractivity contribution >= 4 is 23.2 Å². The first-order valence-electron chi connectivity index (χ1n) is 8.57. The lowest BCUT2D eigenvalue weighted by atomic mass is 10.1. The Hall–Kier alpha value is -3.06. The molecule has 0 spiro atoms. The number of alkyl halides is 3. The molecule has 0 atom stereocenters. The minimum Gasteiger partial charge on any atom is -0.321 e. The zero-order chi connectivity index (χ0) is 21.2. The van der Waals surface area contributed by atoms with Crippen LogP contribution in [-0.4, -0.2) is 10.5 Å². The smallest absolute Gasteiger partial charge is 0.321 e. The minimum absolute atomic E-state index is 0.0283. The Morgan fingerprint density at radius 2 is 1.86 bits per heavy atom. The maximum Gasteiger partial charge on any atom is 0.416 e. The zero-order valence-electron chi connectivity index (χ0n) is 15.3. The Labute approximate surface area is 169 Å². The van der Waals surface area contributed by atoms with Gasteiger partial charge in [-0.2, -0.15) is 13.2 Å². The highest BCUT2D eigenvalue weighted by Crippen LogP contribution is 2.33. The number of hydrogen-bond acceptors (Lipinski definition) is 2. The van der Waals surface area contributed by atoms with Crippen molar-refractivity contribution in [2.24, 2.45) is 0 Å². The van der Waals surface area contributed by atoms with Gasteiger partial charge in [-0.1, -0.05) is 41.4 Å². The SMILES string of the molecule is Cc1cccc(Cn2cc(C(=O)Nc3cc(C(F)(F)F)ccc3Cl)ccc2=O)c1. The summed E-state index contributed by atoms with van der Waals surface area (Å²) in [6.07, 6.45) is -3.20. The molecule has 29 heavy (non-hydrogen) atoms. The number of pyridine rings is 1. The highest BCUT2D eigenvalue weighted by molar-refractivity contribution is 6.34. The molecule has 0 saturated carbocycles. The average molecular weight is 421 g/mol. The lowest BCUT2D eigenvalue weighted by Crippen LogP contribution is -2.22. The summed E-state index contributed by atoms with van der Waals surface area (Å²) in [4.78, 5) is 24.7. The van der Waals surface area contributed by atoms with Gasteiger partial charge in [-0.3, -0.25) is 9.59 Å². The van der Waals surface area contributed by atoms with Crippen LogP contribution < -0.4 is 10.9 Å². The molecule has 150 valence electrons. The van der Waals surface area contributed by atoms with E-state index in [4.69, 9.17) is 11.6 Å². The quantitative estimate of drug-likeness (QED) is 0.636. The van der Waals surface area contributed by atoms with Crippen molar-refractivity contribution in [1.29, 1.82) is 0 Å². The van der Waals surface area contributed by atoms with Crippen LogP contribution in [0.2, 0.25) is 5.02 Å². The van der Waals surface area contributed by atoms with Crippen molar-refractivity contribution in [3.63, 3.8) is 0 Å². The molecule has 0 saturated heterocycles. The molecule has 1 amide bonds.